The van der Waals surface area contributed by atoms with E-state index >= 15 is 0 Å². The van der Waals surface area contributed by atoms with E-state index in [9.17, 15) is 14.4 Å². The van der Waals surface area contributed by atoms with E-state index in [1.54, 1.807) is 24.3 Å². The molecule has 0 saturated carbocycles. The summed E-state index contributed by atoms with van der Waals surface area (Å²) in [7, 11) is 0. The molecule has 0 unspecified atom stereocenters. The molecule has 0 aliphatic carbocycles. The van der Waals surface area contributed by atoms with Crippen LogP contribution in [0.25, 0.3) is 11.1 Å². The molecule has 1 aliphatic rings. The van der Waals surface area contributed by atoms with Crippen molar-refractivity contribution in [1.82, 2.24) is 15.7 Å². The molecule has 32 heavy (non-hydrogen) atoms. The molecule has 3 rings (SSSR count). The van der Waals surface area contributed by atoms with E-state index in [1.165, 1.54) is 11.9 Å². The Balaban J connectivity index is 1.57. The fourth-order valence-corrected chi connectivity index (χ4v) is 3.63. The Morgan fingerprint density at radius 3 is 2.09 bits per heavy atom. The number of hydroxylamine groups is 1. The second kappa shape index (κ2) is 11.4. The molecule has 1 atom stereocenters. The molecule has 1 heterocycles. The van der Waals surface area contributed by atoms with Gasteiger partial charge >= 0.3 is 0 Å². The minimum atomic E-state index is -1.02. The molecule has 2 aromatic rings. The quantitative estimate of drug-likeness (QED) is 0.311. The molecule has 9 nitrogen and oxygen atoms in total. The van der Waals surface area contributed by atoms with Crippen LogP contribution in [0.15, 0.2) is 48.5 Å². The lowest BCUT2D eigenvalue weighted by Gasteiger charge is -2.25. The number of nitrogens with two attached hydrogens (primary N) is 1. The standard InChI is InChI=1S/C23H29N5O4/c24-14-20(23(31)27-32)26-22(30)18-6-4-16(5-7-18)17-8-10-19(11-9-17)25-21(29)15-28-12-2-1-3-13-28/h4-11,20,32H,1-3,12-15,24H2,(H,25,29)(H,26,30)(H,27,31)/t20-/m0/s1. The summed E-state index contributed by atoms with van der Waals surface area (Å²) in [6.45, 7) is 2.22. The van der Waals surface area contributed by atoms with Gasteiger partial charge in [-0.1, -0.05) is 30.7 Å². The van der Waals surface area contributed by atoms with Crippen molar-refractivity contribution in [2.75, 3.05) is 31.5 Å². The van der Waals surface area contributed by atoms with E-state index in [4.69, 9.17) is 10.9 Å². The van der Waals surface area contributed by atoms with E-state index in [0.717, 1.165) is 42.7 Å². The van der Waals surface area contributed by atoms with Gasteiger partial charge in [-0.15, -0.1) is 0 Å². The number of nitrogens with one attached hydrogen (secondary N) is 3. The van der Waals surface area contributed by atoms with Gasteiger partial charge in [-0.05, 0) is 61.3 Å². The summed E-state index contributed by atoms with van der Waals surface area (Å²) in [6, 6.07) is 13.4. The second-order valence-electron chi connectivity index (χ2n) is 7.78. The molecule has 170 valence electrons. The zero-order valence-corrected chi connectivity index (χ0v) is 17.8. The Hall–Kier alpha value is -3.27. The fourth-order valence-electron chi connectivity index (χ4n) is 3.63. The molecular formula is C23H29N5O4. The lowest BCUT2D eigenvalue weighted by atomic mass is 10.0. The largest absolute Gasteiger partial charge is 0.339 e. The van der Waals surface area contributed by atoms with Crippen LogP contribution in [0.4, 0.5) is 5.69 Å². The average Bonchev–Trinajstić information content (AvgIpc) is 2.83. The van der Waals surface area contributed by atoms with Crippen LogP contribution in [0.3, 0.4) is 0 Å². The Labute approximate surface area is 186 Å². The highest BCUT2D eigenvalue weighted by Crippen LogP contribution is 2.22. The van der Waals surface area contributed by atoms with E-state index < -0.39 is 17.9 Å². The number of carbonyl (C=O) groups is 3. The molecule has 0 spiro atoms. The highest BCUT2D eigenvalue weighted by Gasteiger charge is 2.19. The van der Waals surface area contributed by atoms with Gasteiger partial charge in [0.25, 0.3) is 11.8 Å². The highest BCUT2D eigenvalue weighted by atomic mass is 16.5. The van der Waals surface area contributed by atoms with E-state index in [2.05, 4.69) is 15.5 Å². The summed E-state index contributed by atoms with van der Waals surface area (Å²) in [4.78, 5) is 38.2. The number of carbonyl (C=O) groups excluding carboxylic acids is 3. The predicted octanol–water partition coefficient (Wildman–Crippen LogP) is 1.34. The lowest BCUT2D eigenvalue weighted by molar-refractivity contribution is -0.130. The number of benzene rings is 2. The van der Waals surface area contributed by atoms with Gasteiger partial charge in [0, 0.05) is 17.8 Å². The monoisotopic (exact) mass is 439 g/mol. The van der Waals surface area contributed by atoms with Crippen molar-refractivity contribution >= 4 is 23.4 Å². The van der Waals surface area contributed by atoms with Gasteiger partial charge in [-0.3, -0.25) is 24.5 Å². The molecule has 0 radical (unpaired) electrons. The maximum absolute atomic E-state index is 12.3. The van der Waals surface area contributed by atoms with Crippen molar-refractivity contribution in [3.05, 3.63) is 54.1 Å². The molecule has 1 aliphatic heterocycles. The summed E-state index contributed by atoms with van der Waals surface area (Å²) < 4.78 is 0. The fraction of sp³-hybridized carbons (Fsp3) is 0.348. The van der Waals surface area contributed by atoms with Crippen molar-refractivity contribution in [2.24, 2.45) is 5.73 Å². The van der Waals surface area contributed by atoms with Crippen molar-refractivity contribution in [3.63, 3.8) is 0 Å². The molecular weight excluding hydrogens is 410 g/mol. The van der Waals surface area contributed by atoms with Gasteiger partial charge in [0.2, 0.25) is 5.91 Å². The van der Waals surface area contributed by atoms with E-state index in [-0.39, 0.29) is 12.5 Å². The zero-order valence-electron chi connectivity index (χ0n) is 17.8. The van der Waals surface area contributed by atoms with Crippen LogP contribution in [-0.4, -0.2) is 60.0 Å². The zero-order chi connectivity index (χ0) is 22.9. The molecule has 3 amide bonds. The first-order chi connectivity index (χ1) is 15.5. The SMILES string of the molecule is NC[C@H](NC(=O)c1ccc(-c2ccc(NC(=O)CN3CCCCC3)cc2)cc1)C(=O)NO. The van der Waals surface area contributed by atoms with Crippen molar-refractivity contribution in [1.29, 1.82) is 0 Å². The van der Waals surface area contributed by atoms with Gasteiger partial charge in [0.1, 0.15) is 6.04 Å². The van der Waals surface area contributed by atoms with Crippen LogP contribution in [0.5, 0.6) is 0 Å². The summed E-state index contributed by atoms with van der Waals surface area (Å²) in [5.41, 5.74) is 9.86. The summed E-state index contributed by atoms with van der Waals surface area (Å²) >= 11 is 0. The summed E-state index contributed by atoms with van der Waals surface area (Å²) in [5, 5.41) is 14.1. The minimum Gasteiger partial charge on any atom is -0.339 e. The van der Waals surface area contributed by atoms with Gasteiger partial charge in [-0.2, -0.15) is 0 Å². The average molecular weight is 440 g/mol. The normalized spacial score (nSPS) is 14.9. The van der Waals surface area contributed by atoms with E-state index in [0.29, 0.717) is 12.1 Å². The number of anilines is 1. The van der Waals surface area contributed by atoms with Crippen molar-refractivity contribution in [2.45, 2.75) is 25.3 Å². The molecule has 6 N–H and O–H groups in total. The third-order valence-electron chi connectivity index (χ3n) is 5.43. The van der Waals surface area contributed by atoms with Gasteiger partial charge < -0.3 is 16.4 Å². The molecule has 0 aromatic heterocycles. The van der Waals surface area contributed by atoms with Crippen LogP contribution in [0.1, 0.15) is 29.6 Å². The topological polar surface area (TPSA) is 137 Å². The third kappa shape index (κ3) is 6.36. The first-order valence-corrected chi connectivity index (χ1v) is 10.7. The summed E-state index contributed by atoms with van der Waals surface area (Å²) in [5.74, 6) is -1.26. The van der Waals surface area contributed by atoms with Crippen LogP contribution >= 0.6 is 0 Å². The minimum absolute atomic E-state index is 0.0133. The first-order valence-electron chi connectivity index (χ1n) is 10.7. The Morgan fingerprint density at radius 2 is 1.53 bits per heavy atom. The third-order valence-corrected chi connectivity index (χ3v) is 5.43. The van der Waals surface area contributed by atoms with Crippen molar-refractivity contribution in [3.8, 4) is 11.1 Å². The Morgan fingerprint density at radius 1 is 0.938 bits per heavy atom. The highest BCUT2D eigenvalue weighted by molar-refractivity contribution is 5.98. The van der Waals surface area contributed by atoms with Gasteiger partial charge in [0.15, 0.2) is 0 Å². The number of rotatable bonds is 8. The maximum atomic E-state index is 12.3. The number of piperidine rings is 1. The Bertz CT molecular complexity index is 924. The Kier molecular flexibility index (Phi) is 8.32. The van der Waals surface area contributed by atoms with E-state index in [1.807, 2.05) is 24.3 Å². The van der Waals surface area contributed by atoms with Gasteiger partial charge in [-0.25, -0.2) is 5.48 Å². The molecule has 1 fully saturated rings. The molecule has 0 bridgehead atoms. The lowest BCUT2D eigenvalue weighted by Crippen LogP contribution is -2.50. The number of likely N-dealkylation sites (tertiary alicyclic amines) is 1. The van der Waals surface area contributed by atoms with Crippen molar-refractivity contribution < 1.29 is 19.6 Å². The van der Waals surface area contributed by atoms with Crippen LogP contribution in [-0.2, 0) is 9.59 Å². The molecule has 9 heteroatoms. The number of nitrogens with zero attached hydrogens (tertiary/aromatic N) is 1. The van der Waals surface area contributed by atoms with Crippen LogP contribution in [0.2, 0.25) is 0 Å². The number of hydrogen-bond donors (Lipinski definition) is 5. The molecule has 2 aromatic carbocycles. The first kappa shape index (κ1) is 23.4. The van der Waals surface area contributed by atoms with Crippen LogP contribution < -0.4 is 21.8 Å². The number of hydrogen-bond acceptors (Lipinski definition) is 6. The molecule has 1 saturated heterocycles. The van der Waals surface area contributed by atoms with Crippen LogP contribution in [0, 0.1) is 0 Å². The second-order valence-corrected chi connectivity index (χ2v) is 7.78. The predicted molar refractivity (Wildman–Crippen MR) is 121 cm³/mol. The number of amides is 3. The van der Waals surface area contributed by atoms with Gasteiger partial charge in [0.05, 0.1) is 6.54 Å². The smallest absolute Gasteiger partial charge is 0.267 e. The maximum Gasteiger partial charge on any atom is 0.267 e. The summed E-state index contributed by atoms with van der Waals surface area (Å²) in [6.07, 6.45) is 3.53.